The molecule has 1 amide bonds. The molecule has 0 aliphatic heterocycles. The number of hydrogen-bond donors (Lipinski definition) is 2. The lowest BCUT2D eigenvalue weighted by Gasteiger charge is -2.22. The first-order chi connectivity index (χ1) is 12.5. The van der Waals surface area contributed by atoms with Gasteiger partial charge >= 0.3 is 5.97 Å². The summed E-state index contributed by atoms with van der Waals surface area (Å²) in [5, 5.41) is 12.9. The van der Waals surface area contributed by atoms with E-state index in [1.165, 1.54) is 14.2 Å². The molecular formula is C19H21NO6. The van der Waals surface area contributed by atoms with E-state index < -0.39 is 24.0 Å². The number of benzene rings is 2. The molecule has 0 aliphatic carbocycles. The maximum Gasteiger partial charge on any atom is 0.331 e. The summed E-state index contributed by atoms with van der Waals surface area (Å²) in [6, 6.07) is 14.0. The number of rotatable bonds is 8. The van der Waals surface area contributed by atoms with Crippen molar-refractivity contribution in [2.45, 2.75) is 12.1 Å². The van der Waals surface area contributed by atoms with Crippen LogP contribution < -0.4 is 14.8 Å². The monoisotopic (exact) mass is 359 g/mol. The first kappa shape index (κ1) is 19.3. The van der Waals surface area contributed by atoms with Gasteiger partial charge in [-0.15, -0.1) is 0 Å². The number of nitrogens with one attached hydrogen (secondary N) is 1. The molecule has 0 heterocycles. The molecule has 0 saturated heterocycles. The van der Waals surface area contributed by atoms with Crippen LogP contribution in [0.3, 0.4) is 0 Å². The molecule has 0 fully saturated rings. The minimum absolute atomic E-state index is 0.299. The second-order valence-electron chi connectivity index (χ2n) is 5.39. The zero-order valence-electron chi connectivity index (χ0n) is 14.5. The third kappa shape index (κ3) is 5.22. The van der Waals surface area contributed by atoms with Crippen LogP contribution in [0.2, 0.25) is 0 Å². The van der Waals surface area contributed by atoms with Crippen molar-refractivity contribution in [1.82, 2.24) is 5.32 Å². The van der Waals surface area contributed by atoms with Crippen molar-refractivity contribution in [1.29, 1.82) is 0 Å². The summed E-state index contributed by atoms with van der Waals surface area (Å²) in [6.45, 7) is -0.299. The standard InChI is InChI=1S/C19H21NO6/c1-24-14-10-8-13(9-11-14)18(22)17(19(23)25-2)20-16(21)12-26-15-6-4-3-5-7-15/h3-11,17-18,22H,12H2,1-2H3,(H,20,21). The van der Waals surface area contributed by atoms with Gasteiger partial charge in [0.1, 0.15) is 17.6 Å². The number of carbonyl (C=O) groups excluding carboxylic acids is 2. The van der Waals surface area contributed by atoms with Crippen molar-refractivity contribution in [3.8, 4) is 11.5 Å². The molecule has 0 spiro atoms. The van der Waals surface area contributed by atoms with Gasteiger partial charge in [-0.05, 0) is 29.8 Å². The van der Waals surface area contributed by atoms with Gasteiger partial charge in [-0.3, -0.25) is 4.79 Å². The summed E-state index contributed by atoms with van der Waals surface area (Å²) in [5.41, 5.74) is 0.436. The summed E-state index contributed by atoms with van der Waals surface area (Å²) in [7, 11) is 2.71. The molecule has 26 heavy (non-hydrogen) atoms. The van der Waals surface area contributed by atoms with E-state index in [1.54, 1.807) is 48.5 Å². The maximum atomic E-state index is 12.1. The quantitative estimate of drug-likeness (QED) is 0.693. The smallest absolute Gasteiger partial charge is 0.331 e. The van der Waals surface area contributed by atoms with Crippen LogP contribution in [-0.4, -0.2) is 43.9 Å². The lowest BCUT2D eigenvalue weighted by atomic mass is 10.0. The van der Waals surface area contributed by atoms with Gasteiger partial charge in [-0.1, -0.05) is 30.3 Å². The minimum atomic E-state index is -1.28. The Bertz CT molecular complexity index is 717. The highest BCUT2D eigenvalue weighted by Crippen LogP contribution is 2.21. The number of aliphatic hydroxyl groups excluding tert-OH is 1. The number of methoxy groups -OCH3 is 2. The van der Waals surface area contributed by atoms with Gasteiger partial charge < -0.3 is 24.6 Å². The molecule has 2 unspecified atom stereocenters. The summed E-state index contributed by atoms with van der Waals surface area (Å²) in [5.74, 6) is -0.193. The highest BCUT2D eigenvalue weighted by molar-refractivity contribution is 5.85. The summed E-state index contributed by atoms with van der Waals surface area (Å²) in [4.78, 5) is 24.1. The van der Waals surface area contributed by atoms with Gasteiger partial charge in [-0.2, -0.15) is 0 Å². The van der Waals surface area contributed by atoms with E-state index in [2.05, 4.69) is 10.1 Å². The topological polar surface area (TPSA) is 94.1 Å². The summed E-state index contributed by atoms with van der Waals surface area (Å²) in [6.07, 6.45) is -1.28. The first-order valence-corrected chi connectivity index (χ1v) is 7.92. The van der Waals surface area contributed by atoms with E-state index in [-0.39, 0.29) is 6.61 Å². The predicted octanol–water partition coefficient (Wildman–Crippen LogP) is 1.47. The number of hydrogen-bond acceptors (Lipinski definition) is 6. The Hall–Kier alpha value is -3.06. The highest BCUT2D eigenvalue weighted by Gasteiger charge is 2.30. The first-order valence-electron chi connectivity index (χ1n) is 7.92. The molecule has 0 aliphatic rings. The van der Waals surface area contributed by atoms with Crippen molar-refractivity contribution in [2.75, 3.05) is 20.8 Å². The SMILES string of the molecule is COC(=O)C(NC(=O)COc1ccccc1)C(O)c1ccc(OC)cc1. The zero-order chi connectivity index (χ0) is 18.9. The van der Waals surface area contributed by atoms with Gasteiger partial charge in [0.2, 0.25) is 0 Å². The number of para-hydroxylation sites is 1. The Morgan fingerprint density at radius 3 is 2.23 bits per heavy atom. The zero-order valence-corrected chi connectivity index (χ0v) is 14.5. The van der Waals surface area contributed by atoms with Crippen molar-refractivity contribution >= 4 is 11.9 Å². The lowest BCUT2D eigenvalue weighted by Crippen LogP contribution is -2.47. The second-order valence-corrected chi connectivity index (χ2v) is 5.39. The van der Waals surface area contributed by atoms with Crippen LogP contribution in [0, 0.1) is 0 Å². The van der Waals surface area contributed by atoms with Crippen molar-refractivity contribution in [2.24, 2.45) is 0 Å². The van der Waals surface area contributed by atoms with Crippen LogP contribution in [-0.2, 0) is 14.3 Å². The number of carbonyl (C=O) groups is 2. The Labute approximate surface area is 151 Å². The van der Waals surface area contributed by atoms with Gasteiger partial charge in [0.25, 0.3) is 5.91 Å². The average Bonchev–Trinajstić information content (AvgIpc) is 2.70. The average molecular weight is 359 g/mol. The molecular weight excluding hydrogens is 338 g/mol. The number of ether oxygens (including phenoxy) is 3. The minimum Gasteiger partial charge on any atom is -0.497 e. The third-order valence-electron chi connectivity index (χ3n) is 3.66. The van der Waals surface area contributed by atoms with Crippen LogP contribution >= 0.6 is 0 Å². The van der Waals surface area contributed by atoms with E-state index in [0.717, 1.165) is 0 Å². The molecule has 2 aromatic carbocycles. The molecule has 0 aromatic heterocycles. The highest BCUT2D eigenvalue weighted by atomic mass is 16.5. The van der Waals surface area contributed by atoms with E-state index in [9.17, 15) is 14.7 Å². The van der Waals surface area contributed by atoms with Crippen LogP contribution in [0.1, 0.15) is 11.7 Å². The molecule has 0 saturated carbocycles. The van der Waals surface area contributed by atoms with Gasteiger partial charge in [0.05, 0.1) is 14.2 Å². The van der Waals surface area contributed by atoms with Crippen LogP contribution in [0.25, 0.3) is 0 Å². The Morgan fingerprint density at radius 2 is 1.65 bits per heavy atom. The predicted molar refractivity (Wildman–Crippen MR) is 93.8 cm³/mol. The van der Waals surface area contributed by atoms with Crippen molar-refractivity contribution < 1.29 is 28.9 Å². The van der Waals surface area contributed by atoms with Crippen molar-refractivity contribution in [3.05, 3.63) is 60.2 Å². The Kier molecular flexibility index (Phi) is 6.99. The van der Waals surface area contributed by atoms with Crippen LogP contribution in [0.15, 0.2) is 54.6 Å². The van der Waals surface area contributed by atoms with Crippen LogP contribution in [0.4, 0.5) is 0 Å². The third-order valence-corrected chi connectivity index (χ3v) is 3.66. The number of amides is 1. The fourth-order valence-corrected chi connectivity index (χ4v) is 2.27. The fourth-order valence-electron chi connectivity index (χ4n) is 2.27. The molecule has 2 aromatic rings. The van der Waals surface area contributed by atoms with Gasteiger partial charge in [0.15, 0.2) is 12.6 Å². The van der Waals surface area contributed by atoms with E-state index >= 15 is 0 Å². The normalized spacial score (nSPS) is 12.6. The Morgan fingerprint density at radius 1 is 1.00 bits per heavy atom. The fraction of sp³-hybridized carbons (Fsp3) is 0.263. The molecule has 2 rings (SSSR count). The number of esters is 1. The van der Waals surface area contributed by atoms with Crippen LogP contribution in [0.5, 0.6) is 11.5 Å². The largest absolute Gasteiger partial charge is 0.497 e. The molecule has 7 heteroatoms. The van der Waals surface area contributed by atoms with E-state index in [1.807, 2.05) is 6.07 Å². The summed E-state index contributed by atoms with van der Waals surface area (Å²) < 4.78 is 15.1. The summed E-state index contributed by atoms with van der Waals surface area (Å²) >= 11 is 0. The molecule has 7 nitrogen and oxygen atoms in total. The van der Waals surface area contributed by atoms with Gasteiger partial charge in [-0.25, -0.2) is 4.79 Å². The maximum absolute atomic E-state index is 12.1. The van der Waals surface area contributed by atoms with E-state index in [4.69, 9.17) is 9.47 Å². The van der Waals surface area contributed by atoms with E-state index in [0.29, 0.717) is 17.1 Å². The molecule has 2 N–H and O–H groups in total. The Balaban J connectivity index is 2.03. The molecule has 0 bridgehead atoms. The number of aliphatic hydroxyl groups is 1. The molecule has 0 radical (unpaired) electrons. The lowest BCUT2D eigenvalue weighted by molar-refractivity contribution is -0.148. The molecule has 2 atom stereocenters. The van der Waals surface area contributed by atoms with Gasteiger partial charge in [0, 0.05) is 0 Å². The second kappa shape index (κ2) is 9.43. The van der Waals surface area contributed by atoms with Crippen molar-refractivity contribution in [3.63, 3.8) is 0 Å². The molecule has 138 valence electrons.